The predicted octanol–water partition coefficient (Wildman–Crippen LogP) is 2.03. The van der Waals surface area contributed by atoms with Crippen LogP contribution in [0.4, 0.5) is 0 Å². The van der Waals surface area contributed by atoms with Crippen molar-refractivity contribution in [3.63, 3.8) is 0 Å². The van der Waals surface area contributed by atoms with Crippen LogP contribution in [0.1, 0.15) is 47.1 Å². The molecule has 1 aromatic heterocycles. The fraction of sp³-hybridized carbons (Fsp3) is 0.211. The highest BCUT2D eigenvalue weighted by Crippen LogP contribution is 2.22. The second-order valence-corrected chi connectivity index (χ2v) is 7.04. The first-order valence-electron chi connectivity index (χ1n) is 8.39. The summed E-state index contributed by atoms with van der Waals surface area (Å²) in [6.07, 6.45) is 1.46. The Morgan fingerprint density at radius 1 is 0.852 bits per heavy atom. The van der Waals surface area contributed by atoms with E-state index in [0.29, 0.717) is 11.1 Å². The average Bonchev–Trinajstić information content (AvgIpc) is 3.20. The maximum absolute atomic E-state index is 12.2. The van der Waals surface area contributed by atoms with Crippen molar-refractivity contribution in [2.24, 2.45) is 0 Å². The molecule has 27 heavy (non-hydrogen) atoms. The Hall–Kier alpha value is -3.55. The van der Waals surface area contributed by atoms with Gasteiger partial charge < -0.3 is 0 Å². The zero-order valence-corrected chi connectivity index (χ0v) is 15.3. The first kappa shape index (κ1) is 18.2. The van der Waals surface area contributed by atoms with Crippen molar-refractivity contribution in [3.8, 4) is 5.69 Å². The third kappa shape index (κ3) is 4.35. The maximum atomic E-state index is 12.2. The van der Waals surface area contributed by atoms with E-state index in [1.807, 2.05) is 12.1 Å². The van der Waals surface area contributed by atoms with E-state index in [1.165, 1.54) is 11.0 Å². The molecule has 138 valence electrons. The fourth-order valence-electron chi connectivity index (χ4n) is 2.42. The van der Waals surface area contributed by atoms with Crippen molar-refractivity contribution >= 4 is 11.8 Å². The number of hydrogen-bond donors (Lipinski definition) is 2. The van der Waals surface area contributed by atoms with E-state index in [4.69, 9.17) is 0 Å². The van der Waals surface area contributed by atoms with Gasteiger partial charge in [0.1, 0.15) is 6.33 Å². The molecule has 8 heteroatoms. The van der Waals surface area contributed by atoms with Crippen LogP contribution in [0.25, 0.3) is 5.69 Å². The molecule has 0 radical (unpaired) electrons. The highest BCUT2D eigenvalue weighted by Gasteiger charge is 2.15. The van der Waals surface area contributed by atoms with Crippen molar-refractivity contribution in [2.45, 2.75) is 26.2 Å². The van der Waals surface area contributed by atoms with Gasteiger partial charge in [0.15, 0.2) is 0 Å². The lowest BCUT2D eigenvalue weighted by atomic mass is 9.87. The zero-order chi connectivity index (χ0) is 19.4. The van der Waals surface area contributed by atoms with Crippen molar-refractivity contribution in [1.82, 2.24) is 31.1 Å². The Morgan fingerprint density at radius 2 is 1.37 bits per heavy atom. The minimum atomic E-state index is -0.419. The highest BCUT2D eigenvalue weighted by atomic mass is 16.2. The van der Waals surface area contributed by atoms with Crippen molar-refractivity contribution in [3.05, 3.63) is 71.5 Å². The third-order valence-electron chi connectivity index (χ3n) is 4.05. The van der Waals surface area contributed by atoms with Gasteiger partial charge in [0.25, 0.3) is 11.8 Å². The molecule has 8 nitrogen and oxygen atoms in total. The normalized spacial score (nSPS) is 11.1. The topological polar surface area (TPSA) is 102 Å². The van der Waals surface area contributed by atoms with Crippen LogP contribution in [0, 0.1) is 0 Å². The first-order valence-corrected chi connectivity index (χ1v) is 8.39. The molecule has 0 fully saturated rings. The second-order valence-electron chi connectivity index (χ2n) is 7.04. The highest BCUT2D eigenvalue weighted by molar-refractivity contribution is 5.99. The van der Waals surface area contributed by atoms with Gasteiger partial charge in [-0.1, -0.05) is 32.9 Å². The summed E-state index contributed by atoms with van der Waals surface area (Å²) in [5.41, 5.74) is 7.56. The molecular weight excluding hydrogens is 344 g/mol. The number of tetrazole rings is 1. The number of hydrazine groups is 1. The first-order chi connectivity index (χ1) is 12.8. The van der Waals surface area contributed by atoms with Crippen LogP contribution in [0.3, 0.4) is 0 Å². The minimum Gasteiger partial charge on any atom is -0.267 e. The van der Waals surface area contributed by atoms with Gasteiger partial charge in [-0.25, -0.2) is 4.68 Å². The molecule has 0 saturated carbocycles. The summed E-state index contributed by atoms with van der Waals surface area (Å²) in [6, 6.07) is 14.0. The second kappa shape index (κ2) is 7.36. The molecule has 2 N–H and O–H groups in total. The number of carbonyl (C=O) groups excluding carboxylic acids is 2. The summed E-state index contributed by atoms with van der Waals surface area (Å²) in [7, 11) is 0. The van der Waals surface area contributed by atoms with Crippen LogP contribution in [-0.2, 0) is 5.41 Å². The molecule has 0 spiro atoms. The van der Waals surface area contributed by atoms with Gasteiger partial charge >= 0.3 is 0 Å². The van der Waals surface area contributed by atoms with E-state index in [9.17, 15) is 9.59 Å². The van der Waals surface area contributed by atoms with Crippen LogP contribution < -0.4 is 10.9 Å². The number of benzene rings is 2. The monoisotopic (exact) mass is 364 g/mol. The molecule has 0 bridgehead atoms. The quantitative estimate of drug-likeness (QED) is 0.693. The average molecular weight is 364 g/mol. The number of aromatic nitrogens is 4. The Labute approximate surface area is 156 Å². The van der Waals surface area contributed by atoms with Gasteiger partial charge in [0.2, 0.25) is 0 Å². The molecule has 0 aliphatic carbocycles. The van der Waals surface area contributed by atoms with E-state index in [1.54, 1.807) is 36.4 Å². The third-order valence-corrected chi connectivity index (χ3v) is 4.05. The molecule has 1 heterocycles. The molecule has 2 aromatic carbocycles. The largest absolute Gasteiger partial charge is 0.269 e. The number of hydrogen-bond acceptors (Lipinski definition) is 5. The van der Waals surface area contributed by atoms with Gasteiger partial charge in [0.05, 0.1) is 5.69 Å². The van der Waals surface area contributed by atoms with Crippen molar-refractivity contribution in [1.29, 1.82) is 0 Å². The van der Waals surface area contributed by atoms with E-state index >= 15 is 0 Å². The van der Waals surface area contributed by atoms with E-state index in [-0.39, 0.29) is 11.3 Å². The Bertz CT molecular complexity index is 926. The van der Waals surface area contributed by atoms with Gasteiger partial charge in [-0.3, -0.25) is 20.4 Å². The van der Waals surface area contributed by atoms with E-state index in [2.05, 4.69) is 47.1 Å². The van der Waals surface area contributed by atoms with Crippen LogP contribution in [-0.4, -0.2) is 32.0 Å². The number of amides is 2. The van der Waals surface area contributed by atoms with Crippen LogP contribution >= 0.6 is 0 Å². The summed E-state index contributed by atoms with van der Waals surface area (Å²) >= 11 is 0. The summed E-state index contributed by atoms with van der Waals surface area (Å²) in [4.78, 5) is 24.4. The molecule has 0 atom stereocenters. The lowest BCUT2D eigenvalue weighted by Crippen LogP contribution is -2.41. The molecule has 0 unspecified atom stereocenters. The Kier molecular flexibility index (Phi) is 4.98. The SMILES string of the molecule is CC(C)(C)c1ccc(C(=O)NNC(=O)c2ccc(-n3cnnn3)cc2)cc1. The van der Waals surface area contributed by atoms with E-state index < -0.39 is 5.91 Å². The summed E-state index contributed by atoms with van der Waals surface area (Å²) in [5.74, 6) is -0.799. The van der Waals surface area contributed by atoms with Gasteiger partial charge in [-0.15, -0.1) is 5.10 Å². The number of nitrogens with zero attached hydrogens (tertiary/aromatic N) is 4. The molecule has 0 aliphatic rings. The molecule has 0 saturated heterocycles. The predicted molar refractivity (Wildman–Crippen MR) is 99.2 cm³/mol. The Morgan fingerprint density at radius 3 is 1.81 bits per heavy atom. The number of nitrogens with one attached hydrogen (secondary N) is 2. The zero-order valence-electron chi connectivity index (χ0n) is 15.3. The van der Waals surface area contributed by atoms with Crippen LogP contribution in [0.5, 0.6) is 0 Å². The summed E-state index contributed by atoms with van der Waals surface area (Å²) < 4.78 is 1.48. The van der Waals surface area contributed by atoms with Crippen LogP contribution in [0.15, 0.2) is 54.9 Å². The number of carbonyl (C=O) groups is 2. The maximum Gasteiger partial charge on any atom is 0.269 e. The fourth-order valence-corrected chi connectivity index (χ4v) is 2.42. The molecular formula is C19H20N6O2. The van der Waals surface area contributed by atoms with Gasteiger partial charge in [0, 0.05) is 11.1 Å². The number of rotatable bonds is 3. The minimum absolute atomic E-state index is 0.0116. The molecule has 3 aromatic rings. The standard InChI is InChI=1S/C19H20N6O2/c1-19(2,3)15-8-4-13(5-9-15)17(26)21-22-18(27)14-6-10-16(11-7-14)25-12-20-23-24-25/h4-12H,1-3H3,(H,21,26)(H,22,27). The summed E-state index contributed by atoms with van der Waals surface area (Å²) in [5, 5.41) is 10.9. The molecule has 3 rings (SSSR count). The van der Waals surface area contributed by atoms with Gasteiger partial charge in [-0.2, -0.15) is 0 Å². The van der Waals surface area contributed by atoms with Crippen molar-refractivity contribution in [2.75, 3.05) is 0 Å². The molecule has 2 amide bonds. The van der Waals surface area contributed by atoms with Gasteiger partial charge in [-0.05, 0) is 57.8 Å². The Balaban J connectivity index is 1.59. The lowest BCUT2D eigenvalue weighted by Gasteiger charge is -2.19. The van der Waals surface area contributed by atoms with Crippen LogP contribution in [0.2, 0.25) is 0 Å². The van der Waals surface area contributed by atoms with E-state index in [0.717, 1.165) is 11.3 Å². The smallest absolute Gasteiger partial charge is 0.267 e. The molecule has 0 aliphatic heterocycles. The lowest BCUT2D eigenvalue weighted by molar-refractivity contribution is 0.0846. The summed E-state index contributed by atoms with van der Waals surface area (Å²) in [6.45, 7) is 6.31. The van der Waals surface area contributed by atoms with Crippen molar-refractivity contribution < 1.29 is 9.59 Å².